The molecule has 134 heavy (non-hydrogen) atoms. The number of ether oxygens (including phenoxy) is 8. The number of esters is 4. The number of hydrogen-bond acceptors (Lipinski definition) is 28. The number of carbonyl (C=O) groups excluding carboxylic acids is 6. The molecule has 0 radical (unpaired) electrons. The van der Waals surface area contributed by atoms with Crippen LogP contribution in [-0.2, 0) is 66.7 Å². The van der Waals surface area contributed by atoms with Crippen molar-refractivity contribution in [2.24, 2.45) is 43.3 Å². The van der Waals surface area contributed by atoms with E-state index in [0.717, 1.165) is 323 Å². The Labute approximate surface area is 835 Å². The average molecular weight is 1960 g/mol. The molecule has 0 aromatic carbocycles. The molecule has 28 nitrogen and oxygen atoms in total. The van der Waals surface area contributed by atoms with Gasteiger partial charge in [-0.15, -0.1) is 0 Å². The number of rotatable bonds is 82. The van der Waals surface area contributed by atoms with Gasteiger partial charge in [0.1, 0.15) is 0 Å². The largest absolute Gasteiger partial charge is 0.466 e. The van der Waals surface area contributed by atoms with E-state index in [1.807, 2.05) is 0 Å². The molecular formula is C104H226N14O14S2. The van der Waals surface area contributed by atoms with E-state index in [4.69, 9.17) is 37.9 Å². The fraction of sp³-hybridized carbons (Fsp3) is 0.942. The quantitative estimate of drug-likeness (QED) is 0.0153. The molecule has 0 atom stereocenters. The van der Waals surface area contributed by atoms with Crippen molar-refractivity contribution >= 4 is 59.2 Å². The standard InChI is InChI=1S/C29H60N4O4.C25H52N4O4.C24H48N2O4S2.C22H50N4O2.4CH4/c1-28(2,3)14-11-24-36-26(34)12-7-9-16-30-18-20-32-22-23-33-21-19-31-17-10-8-13-27(35)37-25-15-29(4,5)6;1-24(2,3)20-32-22(30)10-7-8-12-26-14-16-28-18-19-29-17-15-27-13-9-11-23(31)33-21-25(4,5)6;1-23(2,3)19-29-13-7-15-31-17-9-21(27)25-11-12-26-22(28)10-18-32-16-8-14-30-20-24(4,5)6;1-21(2,3)19-27-17-7-9-23-11-13-25-15-16-26-14-12-24-10-8-18-28-20-22(4,5)6;;;;/h30-33H,7-25H2,1-6H3;26-29H,7-21H2,1-6H3;7-20H2,1-6H3,(H,25,27)(H,26,28);23-26H,7-20H2,1-6H3;4*1H4. The van der Waals surface area contributed by atoms with Gasteiger partial charge in [0.15, 0.2) is 0 Å². The minimum Gasteiger partial charge on any atom is -0.466 e. The zero-order chi connectivity index (χ0) is 98.3. The van der Waals surface area contributed by atoms with Crippen LogP contribution in [-0.4, -0.2) is 308 Å². The lowest BCUT2D eigenvalue weighted by Gasteiger charge is -2.18. The molecule has 0 aliphatic rings. The molecule has 0 saturated carbocycles. The zero-order valence-corrected chi connectivity index (χ0v) is 90.0. The Kier molecular flexibility index (Phi) is 106. The van der Waals surface area contributed by atoms with Crippen molar-refractivity contribution in [3.63, 3.8) is 0 Å². The third-order valence-electron chi connectivity index (χ3n) is 18.1. The topological polar surface area (TPSA) is 345 Å². The molecule has 0 rings (SSSR count). The number of thioether (sulfide) groups is 2. The molecule has 808 valence electrons. The molecule has 0 aliphatic carbocycles. The SMILES string of the molecule is C.C.C.C.CC(C)(C)CCCOC(=O)CCCCNCCNCCNCCNCCCCC(=O)OCCC(C)(C)C.CC(C)(C)COC(=O)CCCCNCCNCCNCCNCCCC(=O)OCC(C)(C)C.CC(C)(C)COCCCNCCNCCNCCNCCCOCC(C)(C)C.CC(C)(C)COCCCSCCC(=O)NCCNC(=O)CCSCCCOCC(C)(C)C. The first-order valence-corrected chi connectivity index (χ1v) is 52.6. The summed E-state index contributed by atoms with van der Waals surface area (Å²) in [4.78, 5) is 70.3. The fourth-order valence-electron chi connectivity index (χ4n) is 10.9. The van der Waals surface area contributed by atoms with Crippen molar-refractivity contribution < 1.29 is 66.7 Å². The lowest BCUT2D eigenvalue weighted by molar-refractivity contribution is -0.147. The van der Waals surface area contributed by atoms with Crippen LogP contribution in [0, 0.1) is 43.3 Å². The second-order valence-electron chi connectivity index (χ2n) is 43.6. The number of amides is 2. The van der Waals surface area contributed by atoms with Crippen LogP contribution >= 0.6 is 23.5 Å². The molecule has 14 N–H and O–H groups in total. The molecule has 2 amide bonds. The van der Waals surface area contributed by atoms with Gasteiger partial charge in [-0.2, -0.15) is 23.5 Å². The predicted octanol–water partition coefficient (Wildman–Crippen LogP) is 15.7. The number of carbonyl (C=O) groups is 6. The van der Waals surface area contributed by atoms with Crippen molar-refractivity contribution in [3.05, 3.63) is 0 Å². The van der Waals surface area contributed by atoms with Crippen LogP contribution in [0.5, 0.6) is 0 Å². The van der Waals surface area contributed by atoms with E-state index >= 15 is 0 Å². The number of nitrogens with one attached hydrogen (secondary N) is 14. The van der Waals surface area contributed by atoms with Crippen molar-refractivity contribution in [2.75, 3.05) is 272 Å². The van der Waals surface area contributed by atoms with Gasteiger partial charge in [0.25, 0.3) is 0 Å². The van der Waals surface area contributed by atoms with Crippen LogP contribution in [0.3, 0.4) is 0 Å². The Bertz CT molecular complexity index is 2440. The van der Waals surface area contributed by atoms with Crippen molar-refractivity contribution in [3.8, 4) is 0 Å². The highest BCUT2D eigenvalue weighted by molar-refractivity contribution is 7.99. The Morgan fingerprint density at radius 1 is 0.194 bits per heavy atom. The first-order valence-electron chi connectivity index (χ1n) is 50.3. The molecule has 0 aliphatic heterocycles. The summed E-state index contributed by atoms with van der Waals surface area (Å²) in [6.07, 6.45) is 16.5. The number of hydrogen-bond donors (Lipinski definition) is 14. The summed E-state index contributed by atoms with van der Waals surface area (Å²) in [5, 5.41) is 46.7. The van der Waals surface area contributed by atoms with E-state index < -0.39 is 0 Å². The summed E-state index contributed by atoms with van der Waals surface area (Å²) in [5.41, 5.74) is 1.52. The Morgan fingerprint density at radius 3 is 0.679 bits per heavy atom. The molecule has 0 heterocycles. The Hall–Kier alpha value is -3.12. The van der Waals surface area contributed by atoms with Gasteiger partial charge in [-0.05, 0) is 184 Å². The van der Waals surface area contributed by atoms with Gasteiger partial charge in [-0.3, -0.25) is 28.8 Å². The van der Waals surface area contributed by atoms with Gasteiger partial charge in [0.2, 0.25) is 11.8 Å². The summed E-state index contributed by atoms with van der Waals surface area (Å²) >= 11 is 3.56. The van der Waals surface area contributed by atoms with Crippen LogP contribution in [0.2, 0.25) is 0 Å². The smallest absolute Gasteiger partial charge is 0.305 e. The summed E-state index contributed by atoms with van der Waals surface area (Å²) in [6, 6.07) is 0. The third kappa shape index (κ3) is 144. The maximum Gasteiger partial charge on any atom is 0.305 e. The lowest BCUT2D eigenvalue weighted by Crippen LogP contribution is -2.35. The Morgan fingerprint density at radius 2 is 0.418 bits per heavy atom. The van der Waals surface area contributed by atoms with E-state index in [9.17, 15) is 28.8 Å². The third-order valence-corrected chi connectivity index (χ3v) is 20.2. The monoisotopic (exact) mass is 1960 g/mol. The van der Waals surface area contributed by atoms with Gasteiger partial charge in [0.05, 0.1) is 52.9 Å². The Balaban J connectivity index is -0.000000262. The minimum atomic E-state index is -0.110. The van der Waals surface area contributed by atoms with Crippen LogP contribution in [0.4, 0.5) is 0 Å². The van der Waals surface area contributed by atoms with Crippen molar-refractivity contribution in [2.45, 2.75) is 324 Å². The van der Waals surface area contributed by atoms with Gasteiger partial charge in [0, 0.05) is 207 Å². The van der Waals surface area contributed by atoms with Crippen LogP contribution < -0.4 is 74.4 Å². The van der Waals surface area contributed by atoms with Gasteiger partial charge < -0.3 is 112 Å². The summed E-state index contributed by atoms with van der Waals surface area (Å²) < 4.78 is 43.7. The second kappa shape index (κ2) is 97.3. The molecule has 0 spiro atoms. The first-order chi connectivity index (χ1) is 61.2. The van der Waals surface area contributed by atoms with Gasteiger partial charge in [-0.1, -0.05) is 196 Å². The van der Waals surface area contributed by atoms with Gasteiger partial charge >= 0.3 is 23.9 Å². The minimum absolute atomic E-state index is 0. The summed E-state index contributed by atoms with van der Waals surface area (Å²) in [5.74, 6) is 3.39. The normalized spacial score (nSPS) is 11.8. The highest BCUT2D eigenvalue weighted by Gasteiger charge is 2.19. The molecular weight excluding hydrogens is 1730 g/mol. The van der Waals surface area contributed by atoms with E-state index in [-0.39, 0.29) is 103 Å². The molecule has 30 heteroatoms. The van der Waals surface area contributed by atoms with Gasteiger partial charge in [-0.25, -0.2) is 0 Å². The molecule has 0 aromatic heterocycles. The van der Waals surface area contributed by atoms with Crippen molar-refractivity contribution in [1.29, 1.82) is 0 Å². The van der Waals surface area contributed by atoms with Crippen LogP contribution in [0.25, 0.3) is 0 Å². The molecule has 0 unspecified atom stereocenters. The fourth-order valence-corrected chi connectivity index (χ4v) is 12.6. The van der Waals surface area contributed by atoms with E-state index in [1.54, 1.807) is 23.5 Å². The van der Waals surface area contributed by atoms with Crippen LogP contribution in [0.1, 0.15) is 324 Å². The molecule has 0 aromatic rings. The predicted molar refractivity (Wildman–Crippen MR) is 577 cm³/mol. The van der Waals surface area contributed by atoms with E-state index in [1.165, 1.54) is 0 Å². The number of unbranched alkanes of at least 4 members (excludes halogenated alkanes) is 3. The lowest BCUT2D eigenvalue weighted by atomic mass is 9.91. The molecule has 0 saturated heterocycles. The summed E-state index contributed by atoms with van der Waals surface area (Å²) in [7, 11) is 0. The maximum atomic E-state index is 11.8. The highest BCUT2D eigenvalue weighted by Crippen LogP contribution is 2.22. The highest BCUT2D eigenvalue weighted by atomic mass is 32.2. The van der Waals surface area contributed by atoms with E-state index in [2.05, 4.69) is 241 Å². The van der Waals surface area contributed by atoms with Crippen molar-refractivity contribution in [1.82, 2.24) is 74.4 Å². The second-order valence-corrected chi connectivity index (χ2v) is 46.1. The zero-order valence-electron chi connectivity index (χ0n) is 88.4. The van der Waals surface area contributed by atoms with E-state index in [0.29, 0.717) is 83.5 Å². The van der Waals surface area contributed by atoms with Crippen LogP contribution in [0.15, 0.2) is 0 Å². The first kappa shape index (κ1) is 146. The molecule has 0 bridgehead atoms. The molecule has 0 fully saturated rings. The summed E-state index contributed by atoms with van der Waals surface area (Å²) in [6.45, 7) is 84.0. The maximum absolute atomic E-state index is 11.8. The average Bonchev–Trinajstić information content (AvgIpc) is 0.978.